The van der Waals surface area contributed by atoms with Gasteiger partial charge in [0.05, 0.1) is 4.88 Å². The van der Waals surface area contributed by atoms with Gasteiger partial charge in [-0.2, -0.15) is 0 Å². The molecule has 0 radical (unpaired) electrons. The van der Waals surface area contributed by atoms with Crippen LogP contribution in [-0.2, 0) is 4.74 Å². The first kappa shape index (κ1) is 17.8. The van der Waals surface area contributed by atoms with Gasteiger partial charge < -0.3 is 14.5 Å². The predicted molar refractivity (Wildman–Crippen MR) is 91.9 cm³/mol. The van der Waals surface area contributed by atoms with E-state index in [4.69, 9.17) is 4.74 Å². The van der Waals surface area contributed by atoms with Crippen LogP contribution in [0.15, 0.2) is 11.4 Å². The van der Waals surface area contributed by atoms with Crippen molar-refractivity contribution in [2.24, 2.45) is 5.92 Å². The summed E-state index contributed by atoms with van der Waals surface area (Å²) in [5.74, 6) is 0.366. The lowest BCUT2D eigenvalue weighted by Gasteiger charge is -2.25. The molecule has 0 N–H and O–H groups in total. The van der Waals surface area contributed by atoms with Crippen molar-refractivity contribution in [2.45, 2.75) is 39.7 Å². The fraction of sp³-hybridized carbons (Fsp3) is 0.647. The minimum Gasteiger partial charge on any atom is -0.444 e. The second-order valence-electron chi connectivity index (χ2n) is 7.20. The molecule has 23 heavy (non-hydrogen) atoms. The average Bonchev–Trinajstić information content (AvgIpc) is 3.05. The summed E-state index contributed by atoms with van der Waals surface area (Å²) in [5, 5.41) is 1.94. The molecule has 1 saturated heterocycles. The monoisotopic (exact) mass is 338 g/mol. The molecule has 128 valence electrons. The summed E-state index contributed by atoms with van der Waals surface area (Å²) in [5.41, 5.74) is 0.548. The molecule has 1 atom stereocenters. The predicted octanol–water partition coefficient (Wildman–Crippen LogP) is 3.39. The Hall–Kier alpha value is -1.56. The van der Waals surface area contributed by atoms with E-state index in [1.54, 1.807) is 9.80 Å². The molecular formula is C17H26N2O3S. The van der Waals surface area contributed by atoms with Crippen molar-refractivity contribution in [3.05, 3.63) is 21.9 Å². The molecule has 2 rings (SSSR count). The minimum absolute atomic E-state index is 0.0632. The minimum atomic E-state index is -0.474. The van der Waals surface area contributed by atoms with E-state index in [1.807, 2.05) is 46.2 Å². The van der Waals surface area contributed by atoms with Crippen LogP contribution in [0, 0.1) is 12.8 Å². The van der Waals surface area contributed by atoms with Crippen molar-refractivity contribution in [3.63, 3.8) is 0 Å². The van der Waals surface area contributed by atoms with Crippen molar-refractivity contribution in [3.8, 4) is 0 Å². The fourth-order valence-corrected chi connectivity index (χ4v) is 3.63. The summed E-state index contributed by atoms with van der Waals surface area (Å²) >= 11 is 1.48. The highest BCUT2D eigenvalue weighted by atomic mass is 32.1. The van der Waals surface area contributed by atoms with E-state index in [-0.39, 0.29) is 12.0 Å². The van der Waals surface area contributed by atoms with Gasteiger partial charge >= 0.3 is 6.09 Å². The zero-order valence-corrected chi connectivity index (χ0v) is 15.4. The summed E-state index contributed by atoms with van der Waals surface area (Å²) in [7, 11) is 1.83. The van der Waals surface area contributed by atoms with Gasteiger partial charge in [0, 0.05) is 26.7 Å². The van der Waals surface area contributed by atoms with Crippen molar-refractivity contribution in [1.82, 2.24) is 9.80 Å². The van der Waals surface area contributed by atoms with Crippen LogP contribution in [0.1, 0.15) is 42.4 Å². The highest BCUT2D eigenvalue weighted by molar-refractivity contribution is 7.12. The van der Waals surface area contributed by atoms with E-state index in [9.17, 15) is 9.59 Å². The Morgan fingerprint density at radius 1 is 1.43 bits per heavy atom. The van der Waals surface area contributed by atoms with Gasteiger partial charge in [-0.15, -0.1) is 11.3 Å². The summed E-state index contributed by atoms with van der Waals surface area (Å²) in [6.45, 7) is 9.57. The second kappa shape index (κ2) is 6.91. The topological polar surface area (TPSA) is 49.9 Å². The zero-order valence-electron chi connectivity index (χ0n) is 14.6. The van der Waals surface area contributed by atoms with Crippen molar-refractivity contribution in [1.29, 1.82) is 0 Å². The lowest BCUT2D eigenvalue weighted by molar-refractivity contribution is 0.0286. The Kier molecular flexibility index (Phi) is 5.34. The number of rotatable bonds is 3. The summed E-state index contributed by atoms with van der Waals surface area (Å²) in [6, 6.07) is 1.96. The molecule has 1 fully saturated rings. The van der Waals surface area contributed by atoms with Crippen LogP contribution in [0.2, 0.25) is 0 Å². The lowest BCUT2D eigenvalue weighted by atomic mass is 10.1. The number of likely N-dealkylation sites (tertiary alicyclic amines) is 1. The number of amides is 2. The normalized spacial score (nSPS) is 18.1. The number of hydrogen-bond acceptors (Lipinski definition) is 4. The number of carbonyl (C=O) groups excluding carboxylic acids is 2. The zero-order chi connectivity index (χ0) is 17.2. The third-order valence-electron chi connectivity index (χ3n) is 3.87. The van der Waals surface area contributed by atoms with Crippen LogP contribution in [0.5, 0.6) is 0 Å². The molecule has 1 aliphatic heterocycles. The first-order valence-corrected chi connectivity index (χ1v) is 8.83. The molecule has 0 bridgehead atoms. The van der Waals surface area contributed by atoms with E-state index in [2.05, 4.69) is 0 Å². The summed E-state index contributed by atoms with van der Waals surface area (Å²) in [4.78, 5) is 28.8. The number of nitrogens with zero attached hydrogens (tertiary/aromatic N) is 2. The quantitative estimate of drug-likeness (QED) is 0.849. The van der Waals surface area contributed by atoms with Crippen LogP contribution in [-0.4, -0.2) is 54.1 Å². The number of thiophene rings is 1. The number of aryl methyl sites for hydroxylation is 1. The lowest BCUT2D eigenvalue weighted by Crippen LogP contribution is -2.37. The third-order valence-corrected chi connectivity index (χ3v) is 4.88. The van der Waals surface area contributed by atoms with Gasteiger partial charge in [0.15, 0.2) is 0 Å². The molecule has 2 amide bonds. The first-order valence-electron chi connectivity index (χ1n) is 7.95. The first-order chi connectivity index (χ1) is 10.7. The maximum absolute atomic E-state index is 12.4. The van der Waals surface area contributed by atoms with Crippen molar-refractivity contribution >= 4 is 23.3 Å². The average molecular weight is 338 g/mol. The van der Waals surface area contributed by atoms with Gasteiger partial charge in [0.25, 0.3) is 5.91 Å². The Balaban J connectivity index is 1.87. The molecule has 1 aromatic rings. The van der Waals surface area contributed by atoms with E-state index in [0.717, 1.165) is 16.9 Å². The molecule has 1 unspecified atom stereocenters. The van der Waals surface area contributed by atoms with Gasteiger partial charge in [0.2, 0.25) is 0 Å². The molecule has 0 saturated carbocycles. The molecule has 2 heterocycles. The second-order valence-corrected chi connectivity index (χ2v) is 8.12. The van der Waals surface area contributed by atoms with E-state index < -0.39 is 5.60 Å². The molecule has 1 aliphatic rings. The van der Waals surface area contributed by atoms with Gasteiger partial charge in [-0.1, -0.05) is 0 Å². The molecule has 6 heteroatoms. The molecular weight excluding hydrogens is 312 g/mol. The van der Waals surface area contributed by atoms with Crippen LogP contribution < -0.4 is 0 Å². The van der Waals surface area contributed by atoms with E-state index in [1.165, 1.54) is 11.3 Å². The molecule has 0 aliphatic carbocycles. The SMILES string of the molecule is Cc1ccsc1C(=O)N(C)CC1CCN(C(=O)OC(C)(C)C)C1. The highest BCUT2D eigenvalue weighted by Gasteiger charge is 2.31. The largest absolute Gasteiger partial charge is 0.444 e. The molecule has 0 spiro atoms. The van der Waals surface area contributed by atoms with Gasteiger partial charge in [-0.3, -0.25) is 4.79 Å². The van der Waals surface area contributed by atoms with Gasteiger partial charge in [0.1, 0.15) is 5.60 Å². The van der Waals surface area contributed by atoms with Gasteiger partial charge in [-0.05, 0) is 57.0 Å². The maximum Gasteiger partial charge on any atom is 0.410 e. The highest BCUT2D eigenvalue weighted by Crippen LogP contribution is 2.22. The molecule has 1 aromatic heterocycles. The third kappa shape index (κ3) is 4.70. The fourth-order valence-electron chi connectivity index (χ4n) is 2.71. The van der Waals surface area contributed by atoms with E-state index in [0.29, 0.717) is 25.6 Å². The molecule has 0 aromatic carbocycles. The number of hydrogen-bond donors (Lipinski definition) is 0. The van der Waals surface area contributed by atoms with Crippen LogP contribution in [0.25, 0.3) is 0 Å². The van der Waals surface area contributed by atoms with Crippen LogP contribution in [0.4, 0.5) is 4.79 Å². The summed E-state index contributed by atoms with van der Waals surface area (Å²) in [6.07, 6.45) is 0.642. The van der Waals surface area contributed by atoms with Crippen LogP contribution in [0.3, 0.4) is 0 Å². The Morgan fingerprint density at radius 3 is 2.70 bits per heavy atom. The Bertz CT molecular complexity index is 577. The number of ether oxygens (including phenoxy) is 1. The van der Waals surface area contributed by atoms with Crippen molar-refractivity contribution in [2.75, 3.05) is 26.7 Å². The summed E-state index contributed by atoms with van der Waals surface area (Å²) < 4.78 is 5.41. The number of carbonyl (C=O) groups is 2. The maximum atomic E-state index is 12.4. The van der Waals surface area contributed by atoms with Crippen LogP contribution >= 0.6 is 11.3 Å². The Morgan fingerprint density at radius 2 is 2.13 bits per heavy atom. The molecule has 5 nitrogen and oxygen atoms in total. The van der Waals surface area contributed by atoms with E-state index >= 15 is 0 Å². The Labute approximate surface area is 142 Å². The van der Waals surface area contributed by atoms with Crippen molar-refractivity contribution < 1.29 is 14.3 Å². The van der Waals surface area contributed by atoms with Gasteiger partial charge in [-0.25, -0.2) is 4.79 Å². The smallest absolute Gasteiger partial charge is 0.410 e. The standard InChI is InChI=1S/C17H26N2O3S/c1-12-7-9-23-14(12)15(20)18(5)10-13-6-8-19(11-13)16(21)22-17(2,3)4/h7,9,13H,6,8,10-11H2,1-5H3.